The van der Waals surface area contributed by atoms with E-state index in [2.05, 4.69) is 10.1 Å². The van der Waals surface area contributed by atoms with Gasteiger partial charge in [-0.05, 0) is 67.6 Å². The number of carbonyl (C=O) groups is 1. The average molecular weight is 381 g/mol. The molecule has 4 aromatic rings. The number of hydrogen-bond acceptors (Lipinski definition) is 4. The van der Waals surface area contributed by atoms with Crippen molar-refractivity contribution in [1.82, 2.24) is 14.6 Å². The molecule has 0 aliphatic heterocycles. The van der Waals surface area contributed by atoms with Crippen LogP contribution >= 0.6 is 11.3 Å². The predicted molar refractivity (Wildman–Crippen MR) is 101 cm³/mol. The standard InChI is InChI=1S/C20H13F2N3OS/c1-12-24-25-17(10-11-18(26)13-2-6-15(21)7-3-13)19(23-20(25)27-12)14-4-8-16(22)9-5-14/h2-11H,1H3/b11-10+. The fourth-order valence-corrected chi connectivity index (χ4v) is 3.44. The van der Waals surface area contributed by atoms with Crippen molar-refractivity contribution >= 4 is 28.2 Å². The number of imidazole rings is 1. The van der Waals surface area contributed by atoms with Crippen molar-refractivity contribution in [2.45, 2.75) is 6.92 Å². The first-order chi connectivity index (χ1) is 13.0. The highest BCUT2D eigenvalue weighted by molar-refractivity contribution is 7.16. The van der Waals surface area contributed by atoms with E-state index in [4.69, 9.17) is 0 Å². The van der Waals surface area contributed by atoms with Gasteiger partial charge in [-0.2, -0.15) is 5.10 Å². The van der Waals surface area contributed by atoms with E-state index in [1.807, 2.05) is 6.92 Å². The molecule has 4 rings (SSSR count). The first kappa shape index (κ1) is 17.2. The first-order valence-corrected chi connectivity index (χ1v) is 8.93. The zero-order valence-electron chi connectivity index (χ0n) is 14.2. The number of aromatic nitrogens is 3. The fourth-order valence-electron chi connectivity index (χ4n) is 2.69. The summed E-state index contributed by atoms with van der Waals surface area (Å²) in [4.78, 5) is 17.6. The Bertz CT molecular complexity index is 1160. The van der Waals surface area contributed by atoms with E-state index in [-0.39, 0.29) is 11.6 Å². The van der Waals surface area contributed by atoms with Crippen LogP contribution in [0.2, 0.25) is 0 Å². The summed E-state index contributed by atoms with van der Waals surface area (Å²) in [7, 11) is 0. The van der Waals surface area contributed by atoms with Crippen LogP contribution in [0, 0.1) is 18.6 Å². The fraction of sp³-hybridized carbons (Fsp3) is 0.0500. The topological polar surface area (TPSA) is 47.3 Å². The number of benzene rings is 2. The van der Waals surface area contributed by atoms with Crippen LogP contribution < -0.4 is 0 Å². The number of ketones is 1. The van der Waals surface area contributed by atoms with E-state index < -0.39 is 5.82 Å². The molecule has 4 nitrogen and oxygen atoms in total. The molecule has 2 heterocycles. The van der Waals surface area contributed by atoms with Crippen LogP contribution in [0.5, 0.6) is 0 Å². The molecule has 0 unspecified atom stereocenters. The third kappa shape index (κ3) is 3.41. The first-order valence-electron chi connectivity index (χ1n) is 8.11. The Balaban J connectivity index is 1.77. The van der Waals surface area contributed by atoms with Crippen LogP contribution in [0.1, 0.15) is 21.1 Å². The van der Waals surface area contributed by atoms with Crippen LogP contribution in [-0.2, 0) is 0 Å². The lowest BCUT2D eigenvalue weighted by Gasteiger charge is -2.00. The van der Waals surface area contributed by atoms with E-state index in [9.17, 15) is 13.6 Å². The summed E-state index contributed by atoms with van der Waals surface area (Å²) in [6, 6.07) is 11.3. The van der Waals surface area contributed by atoms with Crippen molar-refractivity contribution in [2.24, 2.45) is 0 Å². The molecule has 0 saturated heterocycles. The van der Waals surface area contributed by atoms with Crippen molar-refractivity contribution < 1.29 is 13.6 Å². The molecule has 0 N–H and O–H groups in total. The molecule has 0 saturated carbocycles. The zero-order valence-corrected chi connectivity index (χ0v) is 15.0. The van der Waals surface area contributed by atoms with Crippen molar-refractivity contribution in [2.75, 3.05) is 0 Å². The number of halogens is 2. The van der Waals surface area contributed by atoms with E-state index >= 15 is 0 Å². The molecule has 0 aliphatic carbocycles. The van der Waals surface area contributed by atoms with Crippen LogP contribution in [0.4, 0.5) is 8.78 Å². The van der Waals surface area contributed by atoms with Gasteiger partial charge < -0.3 is 0 Å². The van der Waals surface area contributed by atoms with E-state index in [1.165, 1.54) is 53.8 Å². The number of aryl methyl sites for hydroxylation is 1. The Labute approximate surface area is 157 Å². The molecule has 134 valence electrons. The number of carbonyl (C=O) groups excluding carboxylic acids is 1. The molecule has 0 amide bonds. The molecular weight excluding hydrogens is 368 g/mol. The summed E-state index contributed by atoms with van der Waals surface area (Å²) in [5.41, 5.74) is 2.33. The number of fused-ring (bicyclic) bond motifs is 1. The Kier molecular flexibility index (Phi) is 4.37. The molecule has 27 heavy (non-hydrogen) atoms. The monoisotopic (exact) mass is 381 g/mol. The third-order valence-electron chi connectivity index (χ3n) is 3.98. The van der Waals surface area contributed by atoms with Gasteiger partial charge in [-0.15, -0.1) is 0 Å². The highest BCUT2D eigenvalue weighted by Gasteiger charge is 2.16. The summed E-state index contributed by atoms with van der Waals surface area (Å²) in [5, 5.41) is 5.26. The molecule has 0 atom stereocenters. The molecule has 0 bridgehead atoms. The second-order valence-electron chi connectivity index (χ2n) is 5.87. The normalized spacial score (nSPS) is 11.5. The summed E-state index contributed by atoms with van der Waals surface area (Å²) >= 11 is 1.42. The Morgan fingerprint density at radius 3 is 2.33 bits per heavy atom. The maximum absolute atomic E-state index is 13.2. The number of allylic oxidation sites excluding steroid dienone is 1. The lowest BCUT2D eigenvalue weighted by molar-refractivity contribution is 0.104. The molecule has 0 aliphatic rings. The Morgan fingerprint density at radius 1 is 1.04 bits per heavy atom. The lowest BCUT2D eigenvalue weighted by atomic mass is 10.1. The van der Waals surface area contributed by atoms with Crippen molar-refractivity contribution in [3.05, 3.63) is 82.5 Å². The van der Waals surface area contributed by atoms with Gasteiger partial charge in [0.2, 0.25) is 4.96 Å². The van der Waals surface area contributed by atoms with Crippen molar-refractivity contribution in [1.29, 1.82) is 0 Å². The van der Waals surface area contributed by atoms with Crippen LogP contribution in [0.25, 0.3) is 22.3 Å². The minimum atomic E-state index is -0.399. The van der Waals surface area contributed by atoms with E-state index in [0.717, 1.165) is 10.6 Å². The van der Waals surface area contributed by atoms with E-state index in [0.29, 0.717) is 21.9 Å². The van der Waals surface area contributed by atoms with Gasteiger partial charge in [0, 0.05) is 11.1 Å². The number of rotatable bonds is 4. The highest BCUT2D eigenvalue weighted by Crippen LogP contribution is 2.28. The summed E-state index contributed by atoms with van der Waals surface area (Å²) < 4.78 is 27.9. The largest absolute Gasteiger partial charge is 0.289 e. The molecule has 2 aromatic carbocycles. The van der Waals surface area contributed by atoms with Gasteiger partial charge in [-0.1, -0.05) is 11.3 Å². The second-order valence-corrected chi connectivity index (χ2v) is 7.03. The van der Waals surface area contributed by atoms with Crippen molar-refractivity contribution in [3.8, 4) is 11.3 Å². The molecule has 2 aromatic heterocycles. The number of hydrogen-bond donors (Lipinski definition) is 0. The Hall–Kier alpha value is -3.19. The van der Waals surface area contributed by atoms with Crippen LogP contribution in [0.15, 0.2) is 54.6 Å². The quantitative estimate of drug-likeness (QED) is 0.372. The minimum absolute atomic E-state index is 0.262. The third-order valence-corrected chi connectivity index (χ3v) is 4.80. The van der Waals surface area contributed by atoms with Crippen LogP contribution in [-0.4, -0.2) is 20.4 Å². The van der Waals surface area contributed by atoms with Gasteiger partial charge in [0.05, 0.1) is 11.4 Å². The average Bonchev–Trinajstić information content (AvgIpc) is 3.17. The van der Waals surface area contributed by atoms with Gasteiger partial charge in [-0.3, -0.25) is 4.79 Å². The van der Waals surface area contributed by atoms with Gasteiger partial charge in [-0.25, -0.2) is 18.3 Å². The SMILES string of the molecule is Cc1nn2c(/C=C/C(=O)c3ccc(F)cc3)c(-c3ccc(F)cc3)nc2s1. The van der Waals surface area contributed by atoms with Crippen molar-refractivity contribution in [3.63, 3.8) is 0 Å². The highest BCUT2D eigenvalue weighted by atomic mass is 32.1. The predicted octanol–water partition coefficient (Wildman–Crippen LogP) is 4.94. The molecular formula is C20H13F2N3OS. The van der Waals surface area contributed by atoms with Gasteiger partial charge in [0.1, 0.15) is 16.6 Å². The second kappa shape index (κ2) is 6.85. The lowest BCUT2D eigenvalue weighted by Crippen LogP contribution is -1.95. The van der Waals surface area contributed by atoms with E-state index in [1.54, 1.807) is 22.7 Å². The van der Waals surface area contributed by atoms with Gasteiger partial charge in [0.25, 0.3) is 0 Å². The Morgan fingerprint density at radius 2 is 1.67 bits per heavy atom. The summed E-state index contributed by atoms with van der Waals surface area (Å²) in [6.07, 6.45) is 3.03. The molecule has 0 spiro atoms. The van der Waals surface area contributed by atoms with Gasteiger partial charge >= 0.3 is 0 Å². The zero-order chi connectivity index (χ0) is 19.0. The maximum Gasteiger partial charge on any atom is 0.213 e. The summed E-state index contributed by atoms with van der Waals surface area (Å²) in [5.74, 6) is -0.996. The molecule has 0 radical (unpaired) electrons. The molecule has 0 fully saturated rings. The van der Waals surface area contributed by atoms with Crippen LogP contribution in [0.3, 0.4) is 0 Å². The summed E-state index contributed by atoms with van der Waals surface area (Å²) in [6.45, 7) is 1.87. The smallest absolute Gasteiger partial charge is 0.213 e. The maximum atomic E-state index is 13.2. The number of nitrogens with zero attached hydrogens (tertiary/aromatic N) is 3. The molecule has 7 heteroatoms. The minimum Gasteiger partial charge on any atom is -0.289 e. The van der Waals surface area contributed by atoms with Gasteiger partial charge in [0.15, 0.2) is 5.78 Å².